The fraction of sp³-hybridized carbons (Fsp3) is 0.450. The van der Waals surface area contributed by atoms with Crippen molar-refractivity contribution < 1.29 is 39.3 Å². The van der Waals surface area contributed by atoms with Crippen LogP contribution in [0.25, 0.3) is 0 Å². The third-order valence-electron chi connectivity index (χ3n) is 4.75. The standard InChI is InChI=1S/C16H18N2O4S.C4H6O4/c1-16(2)12(15(21)22)18-13(20)11(14(18)23-16)17-10(19)8-9-6-4-3-5-7-9;5-3(6)1-2-4(7)8/h3-7,11-12,14H,8H2,1-2H3,(H,17,19)(H,21,22);1-2H2,(H,5,6)(H,7,8)/t11-,12+,14-;/m1./s1. The number of carboxylic acids is 3. The van der Waals surface area contributed by atoms with Gasteiger partial charge in [0, 0.05) is 4.75 Å². The second kappa shape index (κ2) is 9.82. The Labute approximate surface area is 182 Å². The maximum atomic E-state index is 12.3. The van der Waals surface area contributed by atoms with Gasteiger partial charge >= 0.3 is 17.9 Å². The van der Waals surface area contributed by atoms with Crippen LogP contribution in [-0.2, 0) is 30.4 Å². The highest BCUT2D eigenvalue weighted by atomic mass is 32.2. The van der Waals surface area contributed by atoms with Gasteiger partial charge in [0.15, 0.2) is 0 Å². The lowest BCUT2D eigenvalue weighted by Gasteiger charge is -2.43. The van der Waals surface area contributed by atoms with Crippen molar-refractivity contribution in [3.63, 3.8) is 0 Å². The van der Waals surface area contributed by atoms with Crippen LogP contribution >= 0.6 is 11.8 Å². The zero-order valence-electron chi connectivity index (χ0n) is 17.0. The van der Waals surface area contributed by atoms with Crippen LogP contribution < -0.4 is 5.32 Å². The van der Waals surface area contributed by atoms with Gasteiger partial charge in [0.05, 0.1) is 19.3 Å². The second-order valence-electron chi connectivity index (χ2n) is 7.59. The number of aliphatic carboxylic acids is 3. The molecular weight excluding hydrogens is 428 g/mol. The minimum absolute atomic E-state index is 0.202. The third kappa shape index (κ3) is 5.97. The van der Waals surface area contributed by atoms with E-state index in [-0.39, 0.29) is 36.5 Å². The van der Waals surface area contributed by atoms with Crippen molar-refractivity contribution >= 4 is 41.5 Å². The molecule has 4 N–H and O–H groups in total. The predicted octanol–water partition coefficient (Wildman–Crippen LogP) is 0.797. The summed E-state index contributed by atoms with van der Waals surface area (Å²) in [5.41, 5.74) is 0.872. The molecule has 11 heteroatoms. The van der Waals surface area contributed by atoms with E-state index >= 15 is 0 Å². The first kappa shape index (κ1) is 24.2. The van der Waals surface area contributed by atoms with Crippen molar-refractivity contribution in [1.29, 1.82) is 0 Å². The van der Waals surface area contributed by atoms with Crippen LogP contribution in [0, 0.1) is 0 Å². The van der Waals surface area contributed by atoms with Crippen molar-refractivity contribution in [2.24, 2.45) is 0 Å². The van der Waals surface area contributed by atoms with E-state index in [1.165, 1.54) is 16.7 Å². The third-order valence-corrected chi connectivity index (χ3v) is 6.32. The molecule has 3 atom stereocenters. The zero-order chi connectivity index (χ0) is 23.3. The van der Waals surface area contributed by atoms with E-state index in [1.54, 1.807) is 0 Å². The average molecular weight is 452 g/mol. The number of amides is 2. The normalized spacial score (nSPS) is 23.0. The van der Waals surface area contributed by atoms with Crippen LogP contribution in [0.1, 0.15) is 32.3 Å². The first-order valence-corrected chi connectivity index (χ1v) is 10.3. The molecule has 2 heterocycles. The summed E-state index contributed by atoms with van der Waals surface area (Å²) in [6.07, 6.45) is -0.390. The van der Waals surface area contributed by atoms with E-state index in [9.17, 15) is 29.1 Å². The molecule has 31 heavy (non-hydrogen) atoms. The first-order chi connectivity index (χ1) is 14.4. The molecule has 1 aromatic rings. The van der Waals surface area contributed by atoms with E-state index in [2.05, 4.69) is 5.32 Å². The predicted molar refractivity (Wildman–Crippen MR) is 110 cm³/mol. The monoisotopic (exact) mass is 452 g/mol. The van der Waals surface area contributed by atoms with Gasteiger partial charge in [-0.2, -0.15) is 0 Å². The van der Waals surface area contributed by atoms with Gasteiger partial charge in [-0.05, 0) is 19.4 Å². The Bertz CT molecular complexity index is 859. The van der Waals surface area contributed by atoms with Gasteiger partial charge in [-0.1, -0.05) is 30.3 Å². The van der Waals surface area contributed by atoms with E-state index in [4.69, 9.17) is 10.2 Å². The van der Waals surface area contributed by atoms with Crippen molar-refractivity contribution in [1.82, 2.24) is 10.2 Å². The Morgan fingerprint density at radius 1 is 1.03 bits per heavy atom. The number of rotatable bonds is 7. The van der Waals surface area contributed by atoms with Crippen molar-refractivity contribution in [3.8, 4) is 0 Å². The largest absolute Gasteiger partial charge is 0.481 e. The Balaban J connectivity index is 0.000000366. The van der Waals surface area contributed by atoms with Crippen molar-refractivity contribution in [2.45, 2.75) is 55.3 Å². The molecule has 0 aliphatic carbocycles. The smallest absolute Gasteiger partial charge is 0.327 e. The number of hydrogen-bond acceptors (Lipinski definition) is 6. The second-order valence-corrected chi connectivity index (χ2v) is 9.36. The molecule has 3 rings (SSSR count). The molecule has 2 aliphatic heterocycles. The number of fused-ring (bicyclic) bond motifs is 1. The Kier molecular flexibility index (Phi) is 7.66. The molecule has 0 bridgehead atoms. The molecule has 0 saturated carbocycles. The van der Waals surface area contributed by atoms with Crippen molar-refractivity contribution in [2.75, 3.05) is 0 Å². The van der Waals surface area contributed by atoms with Gasteiger partial charge in [-0.25, -0.2) is 4.79 Å². The van der Waals surface area contributed by atoms with Gasteiger partial charge < -0.3 is 25.5 Å². The average Bonchev–Trinajstić information content (AvgIpc) is 2.94. The molecule has 0 unspecified atom stereocenters. The summed E-state index contributed by atoms with van der Waals surface area (Å²) >= 11 is 1.42. The molecule has 0 radical (unpaired) electrons. The van der Waals surface area contributed by atoms with Crippen LogP contribution in [0.5, 0.6) is 0 Å². The van der Waals surface area contributed by atoms with Gasteiger partial charge in [0.1, 0.15) is 17.5 Å². The molecule has 0 spiro atoms. The molecule has 0 aromatic heterocycles. The number of benzene rings is 1. The molecule has 2 amide bonds. The summed E-state index contributed by atoms with van der Waals surface area (Å²) < 4.78 is -0.578. The van der Waals surface area contributed by atoms with E-state index in [0.29, 0.717) is 0 Å². The maximum Gasteiger partial charge on any atom is 0.327 e. The Morgan fingerprint density at radius 2 is 1.58 bits per heavy atom. The number of carboxylic acid groups (broad SMARTS) is 3. The number of nitrogens with zero attached hydrogens (tertiary/aromatic N) is 1. The summed E-state index contributed by atoms with van der Waals surface area (Å²) in [4.78, 5) is 56.5. The number of β-lactam (4-membered cyclic amide) rings is 1. The molecule has 10 nitrogen and oxygen atoms in total. The van der Waals surface area contributed by atoms with Crippen LogP contribution in [0.15, 0.2) is 30.3 Å². The van der Waals surface area contributed by atoms with E-state index in [0.717, 1.165) is 5.56 Å². The fourth-order valence-electron chi connectivity index (χ4n) is 3.37. The summed E-state index contributed by atoms with van der Waals surface area (Å²) in [7, 11) is 0. The molecule has 168 valence electrons. The lowest BCUT2D eigenvalue weighted by Crippen LogP contribution is -2.70. The topological polar surface area (TPSA) is 161 Å². The highest BCUT2D eigenvalue weighted by Gasteiger charge is 2.64. The summed E-state index contributed by atoms with van der Waals surface area (Å²) in [6.45, 7) is 3.62. The molecular formula is C20H24N2O8S. The fourth-order valence-corrected chi connectivity index (χ4v) is 4.99. The van der Waals surface area contributed by atoms with Crippen LogP contribution in [0.4, 0.5) is 0 Å². The number of carbonyl (C=O) groups is 5. The van der Waals surface area contributed by atoms with Gasteiger partial charge in [-0.15, -0.1) is 11.8 Å². The van der Waals surface area contributed by atoms with Crippen LogP contribution in [0.2, 0.25) is 0 Å². The molecule has 2 saturated heterocycles. The van der Waals surface area contributed by atoms with Gasteiger partial charge in [0.25, 0.3) is 0 Å². The maximum absolute atomic E-state index is 12.3. The molecule has 1 aromatic carbocycles. The summed E-state index contributed by atoms with van der Waals surface area (Å²) in [5, 5.41) is 27.6. The number of carbonyl (C=O) groups excluding carboxylic acids is 2. The lowest BCUT2D eigenvalue weighted by molar-refractivity contribution is -0.161. The Morgan fingerprint density at radius 3 is 2.06 bits per heavy atom. The van der Waals surface area contributed by atoms with E-state index < -0.39 is 34.7 Å². The summed E-state index contributed by atoms with van der Waals surface area (Å²) in [5.74, 6) is -3.71. The number of hydrogen-bond donors (Lipinski definition) is 4. The highest BCUT2D eigenvalue weighted by molar-refractivity contribution is 8.01. The van der Waals surface area contributed by atoms with Crippen LogP contribution in [0.3, 0.4) is 0 Å². The molecule has 2 aliphatic rings. The lowest BCUT2D eigenvalue weighted by atomic mass is 9.96. The molecule has 2 fully saturated rings. The van der Waals surface area contributed by atoms with Crippen molar-refractivity contribution in [3.05, 3.63) is 35.9 Å². The van der Waals surface area contributed by atoms with Gasteiger partial charge in [0.2, 0.25) is 11.8 Å². The number of nitrogens with one attached hydrogen (secondary N) is 1. The number of thioether (sulfide) groups is 1. The van der Waals surface area contributed by atoms with Gasteiger partial charge in [-0.3, -0.25) is 19.2 Å². The first-order valence-electron chi connectivity index (χ1n) is 9.43. The highest BCUT2D eigenvalue weighted by Crippen LogP contribution is 2.50. The van der Waals surface area contributed by atoms with E-state index in [1.807, 2.05) is 44.2 Å². The van der Waals surface area contributed by atoms with Crippen LogP contribution in [-0.4, -0.2) is 72.1 Å². The SMILES string of the molecule is CC1(C)S[C@@H]2[C@H](NC(=O)Cc3ccccc3)C(=O)N2[C@H]1C(=O)O.O=C(O)CCC(=O)O. The minimum atomic E-state index is -1.08. The quantitative estimate of drug-likeness (QED) is 0.438. The Hall–Kier alpha value is -3.08. The summed E-state index contributed by atoms with van der Waals surface area (Å²) in [6, 6.07) is 7.78. The minimum Gasteiger partial charge on any atom is -0.481 e. The zero-order valence-corrected chi connectivity index (χ0v) is 17.8.